The fraction of sp³-hybridized carbons (Fsp3) is 0.348. The van der Waals surface area contributed by atoms with Crippen molar-refractivity contribution in [1.82, 2.24) is 0 Å². The normalized spacial score (nSPS) is 11.4. The van der Waals surface area contributed by atoms with Crippen LogP contribution in [-0.2, 0) is 0 Å². The lowest BCUT2D eigenvalue weighted by atomic mass is 8.70. The third kappa shape index (κ3) is 8.25. The molecule has 0 atom stereocenters. The third-order valence-electron chi connectivity index (χ3n) is 17.0. The van der Waals surface area contributed by atoms with Crippen molar-refractivity contribution in [3.8, 4) is 22.3 Å². The zero-order valence-corrected chi connectivity index (χ0v) is 43.7. The van der Waals surface area contributed by atoms with E-state index in [1.165, 1.54) is 108 Å². The van der Waals surface area contributed by atoms with Gasteiger partial charge in [-0.05, 0) is 249 Å². The van der Waals surface area contributed by atoms with Gasteiger partial charge in [-0.15, -0.1) is 10.9 Å². The van der Waals surface area contributed by atoms with Gasteiger partial charge in [-0.25, -0.2) is 0 Å². The van der Waals surface area contributed by atoms with E-state index in [2.05, 4.69) is 104 Å². The maximum Gasteiger partial charge on any atom is 0.0821 e. The molecule has 0 amide bonds. The minimum absolute atomic E-state index is 0.549. The van der Waals surface area contributed by atoms with Gasteiger partial charge in [-0.3, -0.25) is 0 Å². The lowest BCUT2D eigenvalue weighted by molar-refractivity contribution is 1.18. The van der Waals surface area contributed by atoms with Crippen LogP contribution in [0.15, 0.2) is 0 Å². The van der Waals surface area contributed by atoms with E-state index in [1.807, 2.05) is 6.92 Å². The maximum absolute atomic E-state index is 7.52. The zero-order valence-electron chi connectivity index (χ0n) is 43.7. The van der Waals surface area contributed by atoms with E-state index >= 15 is 0 Å². The average molecular weight is 839 g/mol. The first-order valence-corrected chi connectivity index (χ1v) is 23.9. The molecule has 0 unspecified atom stereocenters. The number of hydrogen-bond acceptors (Lipinski definition) is 0. The molecule has 0 aromatic heterocycles. The van der Waals surface area contributed by atoms with Crippen molar-refractivity contribution in [3.63, 3.8) is 0 Å². The summed E-state index contributed by atoms with van der Waals surface area (Å²) in [6, 6.07) is 0. The van der Waals surface area contributed by atoms with Crippen molar-refractivity contribution < 1.29 is 0 Å². The molecule has 22 heteroatoms. The maximum atomic E-state index is 7.52. The van der Waals surface area contributed by atoms with Gasteiger partial charge in [-0.2, -0.15) is 0 Å². The quantitative estimate of drug-likeness (QED) is 0.130. The van der Waals surface area contributed by atoms with Gasteiger partial charge in [-0.1, -0.05) is 16.5 Å². The van der Waals surface area contributed by atoms with Gasteiger partial charge < -0.3 is 0 Å². The molecule has 0 saturated carbocycles. The molecule has 0 aliphatic heterocycles. The first kappa shape index (κ1) is 54.9. The fourth-order valence-corrected chi connectivity index (χ4v) is 12.0. The molecule has 6 rings (SSSR count). The summed E-state index contributed by atoms with van der Waals surface area (Å²) in [6.45, 7) is 32.2. The molecule has 0 saturated heterocycles. The summed E-state index contributed by atoms with van der Waals surface area (Å²) in [5.41, 5.74) is 26.0. The van der Waals surface area contributed by atoms with Crippen molar-refractivity contribution in [2.24, 2.45) is 0 Å². The molecule has 0 fully saturated rings. The first-order valence-electron chi connectivity index (χ1n) is 23.9. The summed E-state index contributed by atoms with van der Waals surface area (Å²) in [5, 5.41) is 6.28. The highest BCUT2D eigenvalue weighted by atomic mass is 14.3. The zero-order chi connectivity index (χ0) is 51.4. The van der Waals surface area contributed by atoms with Gasteiger partial charge in [0.25, 0.3) is 0 Å². The largest absolute Gasteiger partial charge is 0.112 e. The van der Waals surface area contributed by atoms with E-state index in [9.17, 15) is 0 Å². The van der Waals surface area contributed by atoms with E-state index in [1.54, 1.807) is 0 Å². The lowest BCUT2D eigenvalue weighted by Crippen LogP contribution is -2.74. The van der Waals surface area contributed by atoms with Gasteiger partial charge >= 0.3 is 0 Å². The topological polar surface area (TPSA) is 0 Å². The molecule has 0 N–H and O–H groups in total. The Hall–Kier alpha value is -2.47. The highest BCUT2D eigenvalue weighted by Gasteiger charge is 2.39. The van der Waals surface area contributed by atoms with Crippen LogP contribution in [0, 0.1) is 111 Å². The van der Waals surface area contributed by atoms with Crippen LogP contribution < -0.4 is 21.9 Å². The minimum Gasteiger partial charge on any atom is -0.112 e. The molecule has 6 aromatic carbocycles. The molecular formula is C46H48B22. The van der Waals surface area contributed by atoms with Crippen LogP contribution in [0.3, 0.4) is 0 Å². The van der Waals surface area contributed by atoms with Crippen LogP contribution in [0.25, 0.3) is 54.6 Å². The number of fused-ring (bicyclic) bond motifs is 3. The smallest absolute Gasteiger partial charge is 0.0821 e. The van der Waals surface area contributed by atoms with Crippen molar-refractivity contribution in [1.29, 1.82) is 0 Å². The molecule has 0 aliphatic carbocycles. The van der Waals surface area contributed by atoms with Crippen LogP contribution >= 0.6 is 0 Å². The van der Waals surface area contributed by atoms with Crippen molar-refractivity contribution in [2.75, 3.05) is 0 Å². The molecule has 0 aliphatic rings. The number of rotatable bonds is 12. The molecule has 68 heavy (non-hydrogen) atoms. The Balaban J connectivity index is 2.18. The molecule has 0 bridgehead atoms. The number of benzene rings is 6. The fourth-order valence-electron chi connectivity index (χ4n) is 12.0. The standard InChI is InChI=1S/C46H48B22/c1-17-18(2)24(8)33(25(9)19(17)3)40-35-26(10)20(4)22(6)28(12)37(35)41(38-29(13)23(7)21(5)27(11)36(38)40)39-31(15)30(14)34-32(16)43(64(67(55)56)68(57)58)46(63(60-48)66(53)54)45(62(50)65(51)52)42(34)44(39)61(49)59-47/h1-16H3. The van der Waals surface area contributed by atoms with Crippen LogP contribution in [0.2, 0.25) is 0 Å². The molecule has 0 heterocycles. The Morgan fingerprint density at radius 3 is 0.941 bits per heavy atom. The second-order valence-corrected chi connectivity index (χ2v) is 20.2. The monoisotopic (exact) mass is 843 g/mol. The molecule has 298 valence electrons. The van der Waals surface area contributed by atoms with Gasteiger partial charge in [0, 0.05) is 133 Å². The van der Waals surface area contributed by atoms with Crippen LogP contribution in [0.5, 0.6) is 0 Å². The van der Waals surface area contributed by atoms with Gasteiger partial charge in [0.2, 0.25) is 0 Å². The molecule has 6 aromatic rings. The molecule has 0 nitrogen and oxygen atoms in total. The Bertz CT molecular complexity index is 2950. The first-order chi connectivity index (χ1) is 31.6. The van der Waals surface area contributed by atoms with E-state index in [4.69, 9.17) is 92.8 Å². The summed E-state index contributed by atoms with van der Waals surface area (Å²) < 4.78 is 0. The van der Waals surface area contributed by atoms with Crippen molar-refractivity contribution >= 4 is 213 Å². The summed E-state index contributed by atoms with van der Waals surface area (Å²) >= 11 is 0. The average Bonchev–Trinajstić information content (AvgIpc) is 3.28. The Kier molecular flexibility index (Phi) is 16.3. The second-order valence-electron chi connectivity index (χ2n) is 20.2. The highest BCUT2D eigenvalue weighted by Crippen LogP contribution is 2.53. The van der Waals surface area contributed by atoms with Gasteiger partial charge in [0.05, 0.1) is 26.0 Å². The van der Waals surface area contributed by atoms with Crippen molar-refractivity contribution in [3.05, 3.63) is 89.0 Å². The third-order valence-corrected chi connectivity index (χ3v) is 17.0. The predicted octanol–water partition coefficient (Wildman–Crippen LogP) is 1.74. The van der Waals surface area contributed by atoms with E-state index in [0.29, 0.717) is 16.4 Å². The summed E-state index contributed by atoms with van der Waals surface area (Å²) in [4.78, 5) is 0. The van der Waals surface area contributed by atoms with Crippen LogP contribution in [-0.4, -0.2) is 158 Å². The predicted molar refractivity (Wildman–Crippen MR) is 331 cm³/mol. The van der Waals surface area contributed by atoms with Crippen LogP contribution in [0.1, 0.15) is 89.0 Å². The summed E-state index contributed by atoms with van der Waals surface area (Å²) in [6.07, 6.45) is -4.10. The minimum atomic E-state index is -1.08. The second kappa shape index (κ2) is 20.2. The van der Waals surface area contributed by atoms with E-state index in [-0.39, 0.29) is 0 Å². The number of hydrogen-bond donors (Lipinski definition) is 0. The lowest BCUT2D eigenvalue weighted by Gasteiger charge is -2.39. The summed E-state index contributed by atoms with van der Waals surface area (Å²) in [5.74, 6) is 0. The number of aryl methyl sites for hydroxylation is 6. The van der Waals surface area contributed by atoms with Gasteiger partial charge in [0.15, 0.2) is 0 Å². The Morgan fingerprint density at radius 2 is 0.603 bits per heavy atom. The molecule has 26 radical (unpaired) electrons. The van der Waals surface area contributed by atoms with E-state index in [0.717, 1.165) is 54.8 Å². The van der Waals surface area contributed by atoms with Crippen molar-refractivity contribution in [2.45, 2.75) is 111 Å². The van der Waals surface area contributed by atoms with Crippen LogP contribution in [0.4, 0.5) is 0 Å². The summed E-state index contributed by atoms with van der Waals surface area (Å²) in [7, 11) is 84.3. The molecular weight excluding hydrogens is 790 g/mol. The molecule has 0 spiro atoms. The Morgan fingerprint density at radius 1 is 0.265 bits per heavy atom. The van der Waals surface area contributed by atoms with Gasteiger partial charge in [0.1, 0.15) is 0 Å². The highest BCUT2D eigenvalue weighted by molar-refractivity contribution is 7.85. The van der Waals surface area contributed by atoms with E-state index < -0.39 is 51.5 Å². The Labute approximate surface area is 431 Å². The SMILES string of the molecule is [B][B]B(B([B])[B])c1c(B(B([B])[B])B([B])[B])c(C)c2c(C)c(C)c(-c3c4c(C)c(C)c(C)c(C)c4c(-c4c(C)c(C)c(C)c(C)c4C)c4c(C)c(C)c(C)c(C)c34)c(B([B])[B][B])c2c1B([B])B([B])[B].